The molecule has 3 aromatic rings. The number of aromatic hydroxyl groups is 1. The minimum absolute atomic E-state index is 0.0593. The Balaban J connectivity index is 1.82. The number of hydrogen-bond acceptors (Lipinski definition) is 9. The Morgan fingerprint density at radius 2 is 1.67 bits per heavy atom. The predicted molar refractivity (Wildman–Crippen MR) is 95.9 cm³/mol. The first kappa shape index (κ1) is 18.5. The number of aromatic nitrogens is 2. The van der Waals surface area contributed by atoms with Gasteiger partial charge in [0.15, 0.2) is 11.6 Å². The van der Waals surface area contributed by atoms with Crippen molar-refractivity contribution in [1.82, 2.24) is 9.97 Å². The smallest absolute Gasteiger partial charge is 0.508 e. The fourth-order valence-corrected chi connectivity index (χ4v) is 2.27. The molecule has 3 rings (SSSR count). The molecular formula is C16H14BFN4O5. The van der Waals surface area contributed by atoms with Gasteiger partial charge in [0.25, 0.3) is 0 Å². The van der Waals surface area contributed by atoms with Crippen molar-refractivity contribution in [2.45, 2.75) is 0 Å². The summed E-state index contributed by atoms with van der Waals surface area (Å²) in [7, 11) is -1.41. The predicted octanol–water partition coefficient (Wildman–Crippen LogP) is 2.48. The highest BCUT2D eigenvalue weighted by Gasteiger charge is 2.22. The Morgan fingerprint density at radius 1 is 0.963 bits per heavy atom. The van der Waals surface area contributed by atoms with Crippen LogP contribution in [0.2, 0.25) is 0 Å². The normalized spacial score (nSPS) is 10.5. The lowest BCUT2D eigenvalue weighted by Gasteiger charge is -2.11. The SMILES string of the molecule is OOB(OO)c1cccc(Nc2nc(Nc3cccc(O)c3)ncc2F)c1. The summed E-state index contributed by atoms with van der Waals surface area (Å²) in [6.07, 6.45) is 0.987. The Kier molecular flexibility index (Phi) is 5.79. The highest BCUT2D eigenvalue weighted by Crippen LogP contribution is 2.22. The lowest BCUT2D eigenvalue weighted by Crippen LogP contribution is -2.35. The maximum Gasteiger partial charge on any atom is 0.554 e. The standard InChI is InChI=1S/C16H14BFN4O5/c18-14-9-19-16(21-12-5-2-6-13(23)8-12)22-15(14)20-11-4-1-3-10(7-11)17(26-24)27-25/h1-9,23-25H,(H2,19,20,21,22). The van der Waals surface area contributed by atoms with E-state index >= 15 is 0 Å². The van der Waals surface area contributed by atoms with Gasteiger partial charge in [-0.1, -0.05) is 18.2 Å². The molecule has 0 atom stereocenters. The Bertz CT molecular complexity index is 929. The van der Waals surface area contributed by atoms with Crippen LogP contribution < -0.4 is 16.1 Å². The molecule has 1 aromatic heterocycles. The molecule has 2 aromatic carbocycles. The van der Waals surface area contributed by atoms with Gasteiger partial charge in [0.2, 0.25) is 5.95 Å². The van der Waals surface area contributed by atoms with E-state index in [4.69, 9.17) is 10.5 Å². The van der Waals surface area contributed by atoms with Crippen LogP contribution in [-0.2, 0) is 9.61 Å². The van der Waals surface area contributed by atoms with Gasteiger partial charge in [-0.3, -0.25) is 20.1 Å². The zero-order chi connectivity index (χ0) is 19.2. The molecule has 0 fully saturated rings. The number of halogens is 1. The van der Waals surface area contributed by atoms with Crippen molar-refractivity contribution in [2.24, 2.45) is 0 Å². The van der Waals surface area contributed by atoms with Crippen molar-refractivity contribution in [1.29, 1.82) is 0 Å². The summed E-state index contributed by atoms with van der Waals surface area (Å²) in [6, 6.07) is 12.5. The average molecular weight is 372 g/mol. The maximum absolute atomic E-state index is 14.1. The second-order valence-corrected chi connectivity index (χ2v) is 5.36. The van der Waals surface area contributed by atoms with Crippen molar-refractivity contribution in [3.8, 4) is 5.75 Å². The highest BCUT2D eigenvalue weighted by atomic mass is 19.1. The van der Waals surface area contributed by atoms with Gasteiger partial charge in [0.05, 0.1) is 6.20 Å². The topological polar surface area (TPSA) is 129 Å². The molecule has 0 radical (unpaired) electrons. The van der Waals surface area contributed by atoms with E-state index < -0.39 is 12.9 Å². The molecule has 0 aliphatic rings. The summed E-state index contributed by atoms with van der Waals surface area (Å²) >= 11 is 0. The van der Waals surface area contributed by atoms with Crippen LogP contribution in [0.1, 0.15) is 0 Å². The molecule has 138 valence electrons. The Morgan fingerprint density at radius 3 is 2.37 bits per heavy atom. The molecule has 0 aliphatic carbocycles. The minimum Gasteiger partial charge on any atom is -0.508 e. The molecule has 0 saturated carbocycles. The third-order valence-corrected chi connectivity index (χ3v) is 3.46. The molecular weight excluding hydrogens is 358 g/mol. The van der Waals surface area contributed by atoms with E-state index in [-0.39, 0.29) is 23.0 Å². The van der Waals surface area contributed by atoms with E-state index in [1.807, 2.05) is 0 Å². The van der Waals surface area contributed by atoms with Crippen molar-refractivity contribution < 1.29 is 29.6 Å². The quantitative estimate of drug-likeness (QED) is 0.241. The molecule has 0 aliphatic heterocycles. The zero-order valence-corrected chi connectivity index (χ0v) is 13.7. The third kappa shape index (κ3) is 4.68. The van der Waals surface area contributed by atoms with Crippen LogP contribution in [0.25, 0.3) is 0 Å². The fraction of sp³-hybridized carbons (Fsp3) is 0. The number of rotatable bonds is 7. The lowest BCUT2D eigenvalue weighted by atomic mass is 9.80. The van der Waals surface area contributed by atoms with Crippen molar-refractivity contribution in [3.05, 3.63) is 60.5 Å². The monoisotopic (exact) mass is 372 g/mol. The number of nitrogens with zero attached hydrogens (tertiary/aromatic N) is 2. The van der Waals surface area contributed by atoms with E-state index in [1.165, 1.54) is 24.3 Å². The van der Waals surface area contributed by atoms with Crippen LogP contribution in [0, 0.1) is 5.82 Å². The van der Waals surface area contributed by atoms with Gasteiger partial charge in [-0.2, -0.15) is 4.98 Å². The molecule has 0 saturated heterocycles. The summed E-state index contributed by atoms with van der Waals surface area (Å²) in [5.74, 6) is -0.647. The number of phenols is 1. The second kappa shape index (κ2) is 8.42. The molecule has 0 amide bonds. The Hall–Kier alpha value is -3.25. The molecule has 5 N–H and O–H groups in total. The van der Waals surface area contributed by atoms with Crippen molar-refractivity contribution in [2.75, 3.05) is 10.6 Å². The number of anilines is 4. The minimum atomic E-state index is -1.41. The number of benzene rings is 2. The van der Waals surface area contributed by atoms with E-state index in [9.17, 15) is 9.50 Å². The summed E-state index contributed by atoms with van der Waals surface area (Å²) in [4.78, 5) is 15.9. The van der Waals surface area contributed by atoms with Gasteiger partial charge in [0, 0.05) is 17.4 Å². The van der Waals surface area contributed by atoms with Crippen LogP contribution in [0.3, 0.4) is 0 Å². The van der Waals surface area contributed by atoms with Crippen LogP contribution >= 0.6 is 0 Å². The molecule has 9 nitrogen and oxygen atoms in total. The van der Waals surface area contributed by atoms with Gasteiger partial charge >= 0.3 is 7.12 Å². The van der Waals surface area contributed by atoms with E-state index in [0.717, 1.165) is 6.20 Å². The first-order valence-corrected chi connectivity index (χ1v) is 7.65. The molecule has 0 spiro atoms. The highest BCUT2D eigenvalue weighted by molar-refractivity contribution is 6.60. The maximum atomic E-state index is 14.1. The van der Waals surface area contributed by atoms with Gasteiger partial charge in [0.1, 0.15) is 5.75 Å². The summed E-state index contributed by atoms with van der Waals surface area (Å²) in [5, 5.41) is 32.5. The van der Waals surface area contributed by atoms with Gasteiger partial charge in [-0.25, -0.2) is 9.37 Å². The average Bonchev–Trinajstić information content (AvgIpc) is 2.66. The summed E-state index contributed by atoms with van der Waals surface area (Å²) < 4.78 is 14.1. The van der Waals surface area contributed by atoms with Gasteiger partial charge in [-0.15, -0.1) is 0 Å². The van der Waals surface area contributed by atoms with Crippen LogP contribution in [-0.4, -0.2) is 32.7 Å². The second-order valence-electron chi connectivity index (χ2n) is 5.36. The first-order chi connectivity index (χ1) is 13.1. The summed E-state index contributed by atoms with van der Waals surface area (Å²) in [6.45, 7) is 0. The number of phenolic OH excluding ortho intramolecular Hbond substituents is 1. The number of hydrogen-bond donors (Lipinski definition) is 5. The number of nitrogens with one attached hydrogen (secondary N) is 2. The van der Waals surface area contributed by atoms with Crippen LogP contribution in [0.15, 0.2) is 54.7 Å². The van der Waals surface area contributed by atoms with Crippen LogP contribution in [0.5, 0.6) is 5.75 Å². The van der Waals surface area contributed by atoms with Crippen molar-refractivity contribution >= 4 is 35.7 Å². The molecule has 11 heteroatoms. The summed E-state index contributed by atoms with van der Waals surface area (Å²) in [5.41, 5.74) is 1.20. The van der Waals surface area contributed by atoms with E-state index in [1.54, 1.807) is 24.3 Å². The molecule has 27 heavy (non-hydrogen) atoms. The molecule has 0 bridgehead atoms. The zero-order valence-electron chi connectivity index (χ0n) is 13.7. The molecule has 1 heterocycles. The third-order valence-electron chi connectivity index (χ3n) is 3.46. The fourth-order valence-electron chi connectivity index (χ4n) is 2.27. The van der Waals surface area contributed by atoms with Gasteiger partial charge in [-0.05, 0) is 29.7 Å². The largest absolute Gasteiger partial charge is 0.554 e. The lowest BCUT2D eigenvalue weighted by molar-refractivity contribution is -0.221. The van der Waals surface area contributed by atoms with Gasteiger partial charge < -0.3 is 15.7 Å². The van der Waals surface area contributed by atoms with E-state index in [0.29, 0.717) is 11.4 Å². The van der Waals surface area contributed by atoms with E-state index in [2.05, 4.69) is 30.2 Å². The molecule has 0 unspecified atom stereocenters. The first-order valence-electron chi connectivity index (χ1n) is 7.65. The van der Waals surface area contributed by atoms with Crippen LogP contribution in [0.4, 0.5) is 27.5 Å². The van der Waals surface area contributed by atoms with Crippen molar-refractivity contribution in [3.63, 3.8) is 0 Å². The Labute approximate surface area is 153 Å².